The van der Waals surface area contributed by atoms with Crippen molar-refractivity contribution in [2.24, 2.45) is 0 Å². The maximum Gasteiger partial charge on any atom is 0.253 e. The Kier molecular flexibility index (Phi) is 5.67. The molecule has 1 aromatic heterocycles. The Morgan fingerprint density at radius 1 is 1.07 bits per heavy atom. The molecule has 0 spiro atoms. The highest BCUT2D eigenvalue weighted by molar-refractivity contribution is 5.97. The van der Waals surface area contributed by atoms with Gasteiger partial charge in [0, 0.05) is 31.3 Å². The predicted octanol–water partition coefficient (Wildman–Crippen LogP) is 2.75. The molecule has 148 valence electrons. The Morgan fingerprint density at radius 3 is 2.46 bits per heavy atom. The Balaban J connectivity index is 1.86. The highest BCUT2D eigenvalue weighted by Crippen LogP contribution is 2.40. The molecule has 1 amide bonds. The van der Waals surface area contributed by atoms with Crippen LogP contribution in [0, 0.1) is 0 Å². The topological polar surface area (TPSA) is 78.7 Å². The van der Waals surface area contributed by atoms with Gasteiger partial charge < -0.3 is 19.1 Å². The number of carbonyl (C=O) groups is 1. The fourth-order valence-electron chi connectivity index (χ4n) is 3.17. The average molecular weight is 384 g/mol. The van der Waals surface area contributed by atoms with Crippen molar-refractivity contribution in [2.75, 3.05) is 28.4 Å². The third kappa shape index (κ3) is 3.45. The van der Waals surface area contributed by atoms with Crippen LogP contribution in [-0.4, -0.2) is 54.2 Å². The third-order valence-corrected chi connectivity index (χ3v) is 4.60. The van der Waals surface area contributed by atoms with Crippen molar-refractivity contribution in [3.63, 3.8) is 0 Å². The lowest BCUT2D eigenvalue weighted by molar-refractivity contribution is 0.0784. The molecular weight excluding hydrogens is 360 g/mol. The van der Waals surface area contributed by atoms with Crippen LogP contribution in [0.2, 0.25) is 0 Å². The van der Waals surface area contributed by atoms with E-state index >= 15 is 0 Å². The van der Waals surface area contributed by atoms with Gasteiger partial charge >= 0.3 is 0 Å². The lowest BCUT2D eigenvalue weighted by Gasteiger charge is -2.21. The molecular formula is C20H24N4O4. The second-order valence-corrected chi connectivity index (χ2v) is 6.26. The lowest BCUT2D eigenvalue weighted by atomic mass is 10.1. The van der Waals surface area contributed by atoms with Crippen LogP contribution in [0.25, 0.3) is 11.0 Å². The number of carbonyl (C=O) groups excluding carboxylic acids is 1. The molecule has 0 atom stereocenters. The number of rotatable bonds is 7. The summed E-state index contributed by atoms with van der Waals surface area (Å²) in [4.78, 5) is 14.5. The molecule has 0 unspecified atom stereocenters. The Labute approximate surface area is 163 Å². The molecule has 0 fully saturated rings. The van der Waals surface area contributed by atoms with Gasteiger partial charge in [-0.2, -0.15) is 0 Å². The summed E-state index contributed by atoms with van der Waals surface area (Å²) < 4.78 is 18.0. The van der Waals surface area contributed by atoms with Crippen molar-refractivity contribution in [1.29, 1.82) is 0 Å². The zero-order valence-corrected chi connectivity index (χ0v) is 16.7. The number of benzene rings is 2. The molecule has 0 aliphatic rings. The zero-order chi connectivity index (χ0) is 20.3. The number of ether oxygens (including phenoxy) is 3. The van der Waals surface area contributed by atoms with Gasteiger partial charge in [-0.3, -0.25) is 4.79 Å². The van der Waals surface area contributed by atoms with Gasteiger partial charge in [-0.25, -0.2) is 4.68 Å². The fraction of sp³-hybridized carbons (Fsp3) is 0.350. The van der Waals surface area contributed by atoms with Crippen LogP contribution >= 0.6 is 0 Å². The largest absolute Gasteiger partial charge is 0.493 e. The van der Waals surface area contributed by atoms with Gasteiger partial charge in [-0.15, -0.1) is 5.10 Å². The van der Waals surface area contributed by atoms with Crippen LogP contribution in [-0.2, 0) is 13.1 Å². The standard InChI is InChI=1S/C20H24N4O4/c1-6-24-16-9-7-13(11-15(16)21-22-24)20(25)23(2)12-14-8-10-17(26-3)19(28-5)18(14)27-4/h7-11H,6,12H2,1-5H3. The summed E-state index contributed by atoms with van der Waals surface area (Å²) in [5.41, 5.74) is 2.97. The number of hydrogen-bond acceptors (Lipinski definition) is 6. The molecule has 28 heavy (non-hydrogen) atoms. The Bertz CT molecular complexity index is 999. The lowest BCUT2D eigenvalue weighted by Crippen LogP contribution is -2.26. The van der Waals surface area contributed by atoms with Crippen LogP contribution in [0.5, 0.6) is 17.2 Å². The predicted molar refractivity (Wildman–Crippen MR) is 105 cm³/mol. The molecule has 0 aliphatic carbocycles. The minimum absolute atomic E-state index is 0.121. The van der Waals surface area contributed by atoms with Crippen molar-refractivity contribution in [3.05, 3.63) is 41.5 Å². The highest BCUT2D eigenvalue weighted by Gasteiger charge is 2.20. The van der Waals surface area contributed by atoms with Gasteiger partial charge in [0.25, 0.3) is 5.91 Å². The molecule has 0 saturated heterocycles. The van der Waals surface area contributed by atoms with Crippen LogP contribution < -0.4 is 14.2 Å². The molecule has 2 aromatic carbocycles. The van der Waals surface area contributed by atoms with Crippen molar-refractivity contribution in [3.8, 4) is 17.2 Å². The first-order chi connectivity index (χ1) is 13.5. The number of aromatic nitrogens is 3. The van der Waals surface area contributed by atoms with E-state index in [1.165, 1.54) is 0 Å². The van der Waals surface area contributed by atoms with E-state index in [-0.39, 0.29) is 5.91 Å². The summed E-state index contributed by atoms with van der Waals surface area (Å²) in [5, 5.41) is 8.22. The second kappa shape index (κ2) is 8.16. The molecule has 0 bridgehead atoms. The first-order valence-electron chi connectivity index (χ1n) is 8.90. The van der Waals surface area contributed by atoms with E-state index in [2.05, 4.69) is 10.3 Å². The number of fused-ring (bicyclic) bond motifs is 1. The molecule has 3 rings (SSSR count). The molecule has 8 heteroatoms. The smallest absolute Gasteiger partial charge is 0.253 e. The molecule has 0 saturated carbocycles. The number of nitrogens with zero attached hydrogens (tertiary/aromatic N) is 4. The minimum Gasteiger partial charge on any atom is -0.493 e. The van der Waals surface area contributed by atoms with E-state index in [1.807, 2.05) is 19.1 Å². The van der Waals surface area contributed by atoms with Crippen molar-refractivity contribution < 1.29 is 19.0 Å². The number of methoxy groups -OCH3 is 3. The SMILES string of the molecule is CCn1nnc2cc(C(=O)N(C)Cc3ccc(OC)c(OC)c3OC)ccc21. The van der Waals surface area contributed by atoms with E-state index in [0.717, 1.165) is 17.6 Å². The summed E-state index contributed by atoms with van der Waals surface area (Å²) in [6.07, 6.45) is 0. The summed E-state index contributed by atoms with van der Waals surface area (Å²) >= 11 is 0. The van der Waals surface area contributed by atoms with E-state index in [4.69, 9.17) is 14.2 Å². The van der Waals surface area contributed by atoms with Crippen LogP contribution in [0.3, 0.4) is 0 Å². The molecule has 0 aliphatic heterocycles. The second-order valence-electron chi connectivity index (χ2n) is 6.26. The Hall–Kier alpha value is -3.29. The van der Waals surface area contributed by atoms with Gasteiger partial charge in [0.15, 0.2) is 11.5 Å². The summed E-state index contributed by atoms with van der Waals surface area (Å²) in [7, 11) is 6.42. The quantitative estimate of drug-likeness (QED) is 0.623. The minimum atomic E-state index is -0.121. The summed E-state index contributed by atoms with van der Waals surface area (Å²) in [5.74, 6) is 1.50. The van der Waals surface area contributed by atoms with E-state index in [1.54, 1.807) is 56.2 Å². The summed E-state index contributed by atoms with van der Waals surface area (Å²) in [6.45, 7) is 3.07. The van der Waals surface area contributed by atoms with Crippen LogP contribution in [0.15, 0.2) is 30.3 Å². The number of amides is 1. The van der Waals surface area contributed by atoms with E-state index in [0.29, 0.717) is 34.9 Å². The van der Waals surface area contributed by atoms with Gasteiger partial charge in [0.2, 0.25) is 5.75 Å². The molecule has 1 heterocycles. The van der Waals surface area contributed by atoms with Crippen molar-refractivity contribution in [2.45, 2.75) is 20.0 Å². The van der Waals surface area contributed by atoms with E-state index in [9.17, 15) is 4.79 Å². The maximum absolute atomic E-state index is 12.9. The Morgan fingerprint density at radius 2 is 1.82 bits per heavy atom. The monoisotopic (exact) mass is 384 g/mol. The van der Waals surface area contributed by atoms with Gasteiger partial charge in [0.1, 0.15) is 5.52 Å². The highest BCUT2D eigenvalue weighted by atomic mass is 16.5. The average Bonchev–Trinajstić information content (AvgIpc) is 3.14. The fourth-order valence-corrected chi connectivity index (χ4v) is 3.17. The third-order valence-electron chi connectivity index (χ3n) is 4.60. The molecule has 0 radical (unpaired) electrons. The summed E-state index contributed by atoms with van der Waals surface area (Å²) in [6, 6.07) is 9.09. The first-order valence-corrected chi connectivity index (χ1v) is 8.90. The molecule has 3 aromatic rings. The van der Waals surface area contributed by atoms with Gasteiger partial charge in [0.05, 0.1) is 26.8 Å². The molecule has 8 nitrogen and oxygen atoms in total. The van der Waals surface area contributed by atoms with Crippen molar-refractivity contribution >= 4 is 16.9 Å². The number of aryl methyl sites for hydroxylation is 1. The van der Waals surface area contributed by atoms with Gasteiger partial charge in [-0.1, -0.05) is 5.21 Å². The molecule has 0 N–H and O–H groups in total. The maximum atomic E-state index is 12.9. The van der Waals surface area contributed by atoms with Crippen molar-refractivity contribution in [1.82, 2.24) is 19.9 Å². The van der Waals surface area contributed by atoms with E-state index < -0.39 is 0 Å². The number of hydrogen-bond donors (Lipinski definition) is 0. The normalized spacial score (nSPS) is 10.8. The van der Waals surface area contributed by atoms with Crippen LogP contribution in [0.1, 0.15) is 22.8 Å². The van der Waals surface area contributed by atoms with Crippen LogP contribution in [0.4, 0.5) is 0 Å². The van der Waals surface area contributed by atoms with Gasteiger partial charge in [-0.05, 0) is 37.3 Å². The first kappa shape index (κ1) is 19.5. The zero-order valence-electron chi connectivity index (χ0n) is 16.7.